The van der Waals surface area contributed by atoms with E-state index in [2.05, 4.69) is 47.2 Å². The van der Waals surface area contributed by atoms with Crippen molar-refractivity contribution in [1.82, 2.24) is 9.80 Å². The highest BCUT2D eigenvalue weighted by Crippen LogP contribution is 2.27. The first kappa shape index (κ1) is 26.7. The van der Waals surface area contributed by atoms with E-state index in [4.69, 9.17) is 26.2 Å². The van der Waals surface area contributed by atoms with Crippen molar-refractivity contribution >= 4 is 23.1 Å². The molecule has 0 aliphatic carbocycles. The number of carboxylic acids is 1. The van der Waals surface area contributed by atoms with Crippen molar-refractivity contribution in [2.24, 2.45) is 0 Å². The predicted octanol–water partition coefficient (Wildman–Crippen LogP) is 5.37. The number of carbonyl (C=O) groups is 1. The van der Waals surface area contributed by atoms with Crippen LogP contribution in [0.2, 0.25) is 5.02 Å². The van der Waals surface area contributed by atoms with Gasteiger partial charge in [0.2, 0.25) is 0 Å². The zero-order valence-corrected chi connectivity index (χ0v) is 22.1. The Morgan fingerprint density at radius 1 is 0.946 bits per heavy atom. The molecule has 7 heteroatoms. The number of ether oxygens (including phenoxy) is 2. The van der Waals surface area contributed by atoms with Gasteiger partial charge in [-0.1, -0.05) is 48.0 Å². The molecule has 0 aromatic heterocycles. The molecule has 0 unspecified atom stereocenters. The molecule has 1 aliphatic rings. The Morgan fingerprint density at radius 2 is 1.59 bits per heavy atom. The quantitative estimate of drug-likeness (QED) is 0.388. The van der Waals surface area contributed by atoms with Gasteiger partial charge in [-0.3, -0.25) is 4.90 Å². The fourth-order valence-corrected chi connectivity index (χ4v) is 4.45. The second-order valence-electron chi connectivity index (χ2n) is 9.32. The van der Waals surface area contributed by atoms with Gasteiger partial charge in [0, 0.05) is 37.7 Å². The number of carboxylic acid groups (broad SMARTS) is 1. The lowest BCUT2D eigenvalue weighted by Crippen LogP contribution is -2.43. The largest absolute Gasteiger partial charge is 0.489 e. The van der Waals surface area contributed by atoms with Crippen LogP contribution in [-0.2, 0) is 11.3 Å². The topological polar surface area (TPSA) is 62.2 Å². The number of aryl methyl sites for hydroxylation is 1. The number of nitrogens with zero attached hydrogens (tertiary/aromatic N) is 2. The third-order valence-electron chi connectivity index (χ3n) is 6.46. The van der Waals surface area contributed by atoms with Crippen LogP contribution in [0, 0.1) is 6.92 Å². The summed E-state index contributed by atoms with van der Waals surface area (Å²) in [5, 5.41) is 9.52. The number of piperazine rings is 1. The monoisotopic (exact) mass is 520 g/mol. The molecule has 1 saturated heterocycles. The predicted molar refractivity (Wildman–Crippen MR) is 148 cm³/mol. The lowest BCUT2D eigenvalue weighted by molar-refractivity contribution is -0.139. The normalized spacial score (nSPS) is 14.9. The Balaban J connectivity index is 1.47. The Bertz CT molecular complexity index is 1220. The number of likely N-dealkylation sites (N-methyl/N-ethyl adjacent to an activating group) is 1. The van der Waals surface area contributed by atoms with E-state index in [1.54, 1.807) is 12.1 Å². The van der Waals surface area contributed by atoms with Gasteiger partial charge in [-0.25, -0.2) is 4.79 Å². The summed E-state index contributed by atoms with van der Waals surface area (Å²) in [4.78, 5) is 15.6. The summed E-state index contributed by atoms with van der Waals surface area (Å²) < 4.78 is 11.3. The van der Waals surface area contributed by atoms with Crippen molar-refractivity contribution in [3.8, 4) is 11.5 Å². The van der Waals surface area contributed by atoms with Gasteiger partial charge in [-0.2, -0.15) is 0 Å². The maximum atomic E-state index is 10.8. The lowest BCUT2D eigenvalue weighted by atomic mass is 9.96. The fourth-order valence-electron chi connectivity index (χ4n) is 4.32. The van der Waals surface area contributed by atoms with E-state index < -0.39 is 5.97 Å². The molecule has 1 fully saturated rings. The standard InChI is InChI=1S/C30H33ClN2O4/c1-22-19-27(11-12-29(22)37-21-30(34)35)36-18-13-28(25-7-9-26(31)10-8-25)24-5-3-23(4-6-24)20-33-16-14-32(2)15-17-33/h3-13,19H,14-18,20-21H2,1-2H3,(H,34,35)/b28-13+. The van der Waals surface area contributed by atoms with Crippen LogP contribution in [0.1, 0.15) is 22.3 Å². The summed E-state index contributed by atoms with van der Waals surface area (Å²) in [5.41, 5.74) is 5.37. The lowest BCUT2D eigenvalue weighted by Gasteiger charge is -2.32. The van der Waals surface area contributed by atoms with Crippen molar-refractivity contribution in [2.75, 3.05) is 46.4 Å². The zero-order valence-electron chi connectivity index (χ0n) is 21.3. The van der Waals surface area contributed by atoms with Crippen molar-refractivity contribution < 1.29 is 19.4 Å². The Hall–Kier alpha value is -3.32. The molecular weight excluding hydrogens is 488 g/mol. The van der Waals surface area contributed by atoms with E-state index in [1.807, 2.05) is 37.3 Å². The number of aliphatic carboxylic acids is 1. The SMILES string of the molecule is Cc1cc(OC/C=C(/c2ccc(Cl)cc2)c2ccc(CN3CCN(C)CC3)cc2)ccc1OCC(=O)O. The molecule has 3 aromatic carbocycles. The van der Waals surface area contributed by atoms with Gasteiger partial charge >= 0.3 is 5.97 Å². The summed E-state index contributed by atoms with van der Waals surface area (Å²) >= 11 is 6.14. The molecule has 0 radical (unpaired) electrons. The second kappa shape index (κ2) is 12.8. The molecule has 0 spiro atoms. The van der Waals surface area contributed by atoms with Crippen LogP contribution in [0.4, 0.5) is 0 Å². The summed E-state index contributed by atoms with van der Waals surface area (Å²) in [5.74, 6) is 0.213. The molecule has 1 heterocycles. The first-order valence-electron chi connectivity index (χ1n) is 12.4. The Kier molecular flexibility index (Phi) is 9.23. The van der Waals surface area contributed by atoms with E-state index in [9.17, 15) is 4.79 Å². The minimum Gasteiger partial charge on any atom is -0.489 e. The highest BCUT2D eigenvalue weighted by molar-refractivity contribution is 6.30. The number of hydrogen-bond acceptors (Lipinski definition) is 5. The minimum absolute atomic E-state index is 0.371. The van der Waals surface area contributed by atoms with Gasteiger partial charge in [-0.15, -0.1) is 0 Å². The fraction of sp³-hybridized carbons (Fsp3) is 0.300. The van der Waals surface area contributed by atoms with Crippen LogP contribution < -0.4 is 9.47 Å². The average Bonchev–Trinajstić information content (AvgIpc) is 2.89. The molecule has 37 heavy (non-hydrogen) atoms. The minimum atomic E-state index is -1.01. The van der Waals surface area contributed by atoms with Gasteiger partial charge in [0.1, 0.15) is 18.1 Å². The van der Waals surface area contributed by atoms with E-state index in [-0.39, 0.29) is 6.61 Å². The van der Waals surface area contributed by atoms with Crippen LogP contribution in [0.5, 0.6) is 11.5 Å². The van der Waals surface area contributed by atoms with Crippen LogP contribution in [0.15, 0.2) is 72.8 Å². The third-order valence-corrected chi connectivity index (χ3v) is 6.71. The Morgan fingerprint density at radius 3 is 2.22 bits per heavy atom. The maximum Gasteiger partial charge on any atom is 0.341 e. The molecule has 1 N–H and O–H groups in total. The molecule has 0 amide bonds. The maximum absolute atomic E-state index is 10.8. The van der Waals surface area contributed by atoms with Crippen LogP contribution in [0.3, 0.4) is 0 Å². The summed E-state index contributed by atoms with van der Waals surface area (Å²) in [6, 6.07) is 21.9. The molecule has 3 aromatic rings. The molecule has 4 rings (SSSR count). The summed E-state index contributed by atoms with van der Waals surface area (Å²) in [6.45, 7) is 7.23. The zero-order chi connectivity index (χ0) is 26.2. The Labute approximate surface area is 223 Å². The first-order chi connectivity index (χ1) is 17.9. The smallest absolute Gasteiger partial charge is 0.341 e. The molecule has 6 nitrogen and oxygen atoms in total. The summed E-state index contributed by atoms with van der Waals surface area (Å²) in [6.07, 6.45) is 2.07. The van der Waals surface area contributed by atoms with Gasteiger partial charge in [0.25, 0.3) is 0 Å². The average molecular weight is 521 g/mol. The van der Waals surface area contributed by atoms with Gasteiger partial charge in [-0.05, 0) is 78.2 Å². The van der Waals surface area contributed by atoms with Crippen molar-refractivity contribution in [3.05, 3.63) is 100 Å². The number of benzene rings is 3. The molecule has 0 saturated carbocycles. The van der Waals surface area contributed by atoms with Crippen molar-refractivity contribution in [3.63, 3.8) is 0 Å². The van der Waals surface area contributed by atoms with Crippen molar-refractivity contribution in [1.29, 1.82) is 0 Å². The van der Waals surface area contributed by atoms with E-state index in [0.29, 0.717) is 23.1 Å². The van der Waals surface area contributed by atoms with Crippen LogP contribution >= 0.6 is 11.6 Å². The van der Waals surface area contributed by atoms with Crippen LogP contribution in [0.25, 0.3) is 5.57 Å². The van der Waals surface area contributed by atoms with Crippen molar-refractivity contribution in [2.45, 2.75) is 13.5 Å². The number of rotatable bonds is 10. The highest BCUT2D eigenvalue weighted by atomic mass is 35.5. The number of halogens is 1. The van der Waals surface area contributed by atoms with E-state index in [0.717, 1.165) is 55.0 Å². The first-order valence-corrected chi connectivity index (χ1v) is 12.8. The third kappa shape index (κ3) is 7.83. The molecule has 1 aliphatic heterocycles. The molecule has 0 bridgehead atoms. The molecular formula is C30H33ClN2O4. The van der Waals surface area contributed by atoms with Crippen LogP contribution in [-0.4, -0.2) is 67.3 Å². The second-order valence-corrected chi connectivity index (χ2v) is 9.76. The highest BCUT2D eigenvalue weighted by Gasteiger charge is 2.14. The van der Waals surface area contributed by atoms with Gasteiger partial charge in [0.05, 0.1) is 0 Å². The van der Waals surface area contributed by atoms with Gasteiger partial charge in [0.15, 0.2) is 6.61 Å². The summed E-state index contributed by atoms with van der Waals surface area (Å²) in [7, 11) is 2.17. The molecule has 194 valence electrons. The van der Waals surface area contributed by atoms with E-state index >= 15 is 0 Å². The van der Waals surface area contributed by atoms with E-state index in [1.165, 1.54) is 5.56 Å². The number of hydrogen-bond donors (Lipinski definition) is 1. The van der Waals surface area contributed by atoms with Gasteiger partial charge < -0.3 is 19.5 Å². The molecule has 0 atom stereocenters.